The number of hydrogen-bond acceptors (Lipinski definition) is 3. The van der Waals surface area contributed by atoms with Crippen LogP contribution in [-0.4, -0.2) is 25.0 Å². The largest absolute Gasteiger partial charge is 0.298 e. The molecule has 4 rings (SSSR count). The molecule has 120 valence electrons. The van der Waals surface area contributed by atoms with Crippen molar-refractivity contribution in [2.45, 2.75) is 25.7 Å². The fourth-order valence-electron chi connectivity index (χ4n) is 3.26. The van der Waals surface area contributed by atoms with E-state index in [1.54, 1.807) is 21.4 Å². The molecule has 4 aromatic rings. The summed E-state index contributed by atoms with van der Waals surface area (Å²) in [6.07, 6.45) is 7.37. The summed E-state index contributed by atoms with van der Waals surface area (Å²) in [4.78, 5) is 13.1. The number of rotatable bonds is 4. The second-order valence-corrected chi connectivity index (χ2v) is 6.11. The Balaban J connectivity index is 1.70. The summed E-state index contributed by atoms with van der Waals surface area (Å²) >= 11 is 0. The molecule has 0 aliphatic rings. The van der Waals surface area contributed by atoms with Gasteiger partial charge in [-0.05, 0) is 24.3 Å². The molecule has 24 heavy (non-hydrogen) atoms. The van der Waals surface area contributed by atoms with Gasteiger partial charge in [-0.1, -0.05) is 26.0 Å². The maximum absolute atomic E-state index is 13.1. The molecule has 2 atom stereocenters. The highest BCUT2D eigenvalue weighted by molar-refractivity contribution is 5.94. The van der Waals surface area contributed by atoms with E-state index in [4.69, 9.17) is 0 Å². The standard InChI is InChI=1S/C19H18N4O/c1-13(15-11-20-22-9-5-3-7-17(15)22)19(24)14(2)16-12-21-23-10-6-4-8-18(16)23/h3-14H,1-2H3. The van der Waals surface area contributed by atoms with Gasteiger partial charge in [-0.25, -0.2) is 9.03 Å². The van der Waals surface area contributed by atoms with Crippen molar-refractivity contribution in [1.29, 1.82) is 0 Å². The van der Waals surface area contributed by atoms with Crippen LogP contribution < -0.4 is 0 Å². The van der Waals surface area contributed by atoms with Crippen molar-refractivity contribution in [2.75, 3.05) is 0 Å². The van der Waals surface area contributed by atoms with Gasteiger partial charge in [-0.15, -0.1) is 0 Å². The van der Waals surface area contributed by atoms with Crippen molar-refractivity contribution in [2.24, 2.45) is 0 Å². The number of hydrogen-bond donors (Lipinski definition) is 0. The lowest BCUT2D eigenvalue weighted by Gasteiger charge is -2.15. The highest BCUT2D eigenvalue weighted by atomic mass is 16.1. The average Bonchev–Trinajstić information content (AvgIpc) is 3.24. The zero-order valence-electron chi connectivity index (χ0n) is 13.6. The number of carbonyl (C=O) groups excluding carboxylic acids is 1. The summed E-state index contributed by atoms with van der Waals surface area (Å²) in [7, 11) is 0. The maximum Gasteiger partial charge on any atom is 0.147 e. The first-order valence-corrected chi connectivity index (χ1v) is 8.05. The fourth-order valence-corrected chi connectivity index (χ4v) is 3.26. The van der Waals surface area contributed by atoms with E-state index < -0.39 is 0 Å². The van der Waals surface area contributed by atoms with Crippen molar-refractivity contribution >= 4 is 16.8 Å². The lowest BCUT2D eigenvalue weighted by molar-refractivity contribution is -0.121. The lowest BCUT2D eigenvalue weighted by Crippen LogP contribution is -2.16. The molecule has 0 aromatic carbocycles. The Kier molecular flexibility index (Phi) is 3.41. The quantitative estimate of drug-likeness (QED) is 0.579. The Morgan fingerprint density at radius 3 is 1.75 bits per heavy atom. The van der Waals surface area contributed by atoms with Crippen LogP contribution in [0.2, 0.25) is 0 Å². The molecular weight excluding hydrogens is 300 g/mol. The van der Waals surface area contributed by atoms with E-state index in [0.29, 0.717) is 0 Å². The Bertz CT molecular complexity index is 948. The third-order valence-electron chi connectivity index (χ3n) is 4.70. The minimum Gasteiger partial charge on any atom is -0.298 e. The Labute approximate surface area is 139 Å². The predicted molar refractivity (Wildman–Crippen MR) is 92.2 cm³/mol. The molecule has 4 aromatic heterocycles. The van der Waals surface area contributed by atoms with Gasteiger partial charge in [0.25, 0.3) is 0 Å². The molecule has 0 fully saturated rings. The average molecular weight is 318 g/mol. The molecule has 4 heterocycles. The van der Waals surface area contributed by atoms with Gasteiger partial charge < -0.3 is 0 Å². The van der Waals surface area contributed by atoms with Crippen LogP contribution in [-0.2, 0) is 4.79 Å². The highest BCUT2D eigenvalue weighted by Gasteiger charge is 2.27. The van der Waals surface area contributed by atoms with Crippen molar-refractivity contribution in [1.82, 2.24) is 19.2 Å². The van der Waals surface area contributed by atoms with Gasteiger partial charge in [0.15, 0.2) is 0 Å². The van der Waals surface area contributed by atoms with Crippen LogP contribution in [0.3, 0.4) is 0 Å². The monoisotopic (exact) mass is 318 g/mol. The van der Waals surface area contributed by atoms with Crippen molar-refractivity contribution in [3.63, 3.8) is 0 Å². The molecule has 0 aliphatic heterocycles. The van der Waals surface area contributed by atoms with Gasteiger partial charge in [0.2, 0.25) is 0 Å². The van der Waals surface area contributed by atoms with Crippen molar-refractivity contribution in [3.8, 4) is 0 Å². The summed E-state index contributed by atoms with van der Waals surface area (Å²) in [6.45, 7) is 3.91. The second kappa shape index (κ2) is 5.60. The van der Waals surface area contributed by atoms with Crippen molar-refractivity contribution < 1.29 is 4.79 Å². The summed E-state index contributed by atoms with van der Waals surface area (Å²) < 4.78 is 3.61. The van der Waals surface area contributed by atoms with Crippen LogP contribution >= 0.6 is 0 Å². The van der Waals surface area contributed by atoms with Crippen LogP contribution in [0.4, 0.5) is 0 Å². The molecule has 0 radical (unpaired) electrons. The van der Waals surface area contributed by atoms with E-state index in [1.807, 2.05) is 62.6 Å². The first kappa shape index (κ1) is 14.6. The van der Waals surface area contributed by atoms with Crippen LogP contribution in [0.1, 0.15) is 36.8 Å². The number of pyridine rings is 2. The maximum atomic E-state index is 13.1. The van der Waals surface area contributed by atoms with Crippen LogP contribution in [0.5, 0.6) is 0 Å². The Morgan fingerprint density at radius 1 is 0.833 bits per heavy atom. The van der Waals surface area contributed by atoms with Gasteiger partial charge >= 0.3 is 0 Å². The number of aromatic nitrogens is 4. The molecule has 0 N–H and O–H groups in total. The van der Waals surface area contributed by atoms with Gasteiger partial charge in [0.1, 0.15) is 5.78 Å². The number of nitrogens with zero attached hydrogens (tertiary/aromatic N) is 4. The van der Waals surface area contributed by atoms with E-state index in [-0.39, 0.29) is 17.6 Å². The zero-order chi connectivity index (χ0) is 16.7. The lowest BCUT2D eigenvalue weighted by atomic mass is 9.87. The molecular formula is C19H18N4O. The van der Waals surface area contributed by atoms with Gasteiger partial charge in [-0.2, -0.15) is 10.2 Å². The second-order valence-electron chi connectivity index (χ2n) is 6.11. The molecule has 2 unspecified atom stereocenters. The molecule has 0 saturated carbocycles. The van der Waals surface area contributed by atoms with Gasteiger partial charge in [0, 0.05) is 35.4 Å². The molecule has 5 heteroatoms. The van der Waals surface area contributed by atoms with E-state index in [1.165, 1.54) is 0 Å². The van der Waals surface area contributed by atoms with E-state index in [0.717, 1.165) is 22.2 Å². The zero-order valence-corrected chi connectivity index (χ0v) is 13.6. The minimum absolute atomic E-state index is 0.174. The third kappa shape index (κ3) is 2.21. The molecule has 0 saturated heterocycles. The molecule has 0 aliphatic carbocycles. The summed E-state index contributed by atoms with van der Waals surface area (Å²) in [5.41, 5.74) is 3.88. The summed E-state index contributed by atoms with van der Waals surface area (Å²) in [6, 6.07) is 11.8. The molecule has 5 nitrogen and oxygen atoms in total. The predicted octanol–water partition coefficient (Wildman–Crippen LogP) is 3.46. The van der Waals surface area contributed by atoms with Crippen LogP contribution in [0.15, 0.2) is 61.2 Å². The SMILES string of the molecule is CC(C(=O)C(C)c1cnn2ccccc12)c1cnn2ccccc12. The van der Waals surface area contributed by atoms with Gasteiger partial charge in [0.05, 0.1) is 23.4 Å². The highest BCUT2D eigenvalue weighted by Crippen LogP contribution is 2.30. The number of carbonyl (C=O) groups is 1. The molecule has 0 amide bonds. The number of fused-ring (bicyclic) bond motifs is 2. The van der Waals surface area contributed by atoms with Gasteiger partial charge in [-0.3, -0.25) is 4.79 Å². The topological polar surface area (TPSA) is 51.7 Å². The molecule has 0 bridgehead atoms. The summed E-state index contributed by atoms with van der Waals surface area (Å²) in [5, 5.41) is 8.68. The van der Waals surface area contributed by atoms with E-state index in [9.17, 15) is 4.79 Å². The van der Waals surface area contributed by atoms with E-state index in [2.05, 4.69) is 10.2 Å². The first-order valence-electron chi connectivity index (χ1n) is 8.05. The summed E-state index contributed by atoms with van der Waals surface area (Å²) in [5.74, 6) is -0.273. The van der Waals surface area contributed by atoms with Crippen LogP contribution in [0.25, 0.3) is 11.0 Å². The minimum atomic E-state index is -0.224. The third-order valence-corrected chi connectivity index (χ3v) is 4.70. The molecule has 0 spiro atoms. The van der Waals surface area contributed by atoms with Crippen molar-refractivity contribution in [3.05, 3.63) is 72.3 Å². The normalized spacial score (nSPS) is 14.1. The Morgan fingerprint density at radius 2 is 1.29 bits per heavy atom. The number of Topliss-reactive ketones (excluding diaryl/α,β-unsaturated/α-hetero) is 1. The first-order chi connectivity index (χ1) is 11.7. The van der Waals surface area contributed by atoms with Crippen LogP contribution in [0, 0.1) is 0 Å². The smallest absolute Gasteiger partial charge is 0.147 e. The number of ketones is 1. The van der Waals surface area contributed by atoms with E-state index >= 15 is 0 Å². The Hall–Kier alpha value is -2.95. The fraction of sp³-hybridized carbons (Fsp3) is 0.211.